The van der Waals surface area contributed by atoms with Gasteiger partial charge in [0.1, 0.15) is 0 Å². The summed E-state index contributed by atoms with van der Waals surface area (Å²) in [5.41, 5.74) is 7.49. The minimum atomic E-state index is -0.878. The zero-order chi connectivity index (χ0) is 30.4. The van der Waals surface area contributed by atoms with Crippen LogP contribution in [-0.2, 0) is 29.2 Å². The van der Waals surface area contributed by atoms with Crippen LogP contribution in [0.3, 0.4) is 0 Å². The lowest BCUT2D eigenvalue weighted by atomic mass is 9.54. The van der Waals surface area contributed by atoms with Gasteiger partial charge in [-0.3, -0.25) is 4.90 Å². The highest BCUT2D eigenvalue weighted by Crippen LogP contribution is 2.63. The second-order valence-corrected chi connectivity index (χ2v) is 13.3. The predicted molar refractivity (Wildman–Crippen MR) is 178 cm³/mol. The molecule has 5 heteroatoms. The first-order valence-electron chi connectivity index (χ1n) is 16.5. The Balaban J connectivity index is 1.25. The number of piperidine rings is 1. The smallest absolute Gasteiger partial charge is 0.162 e. The average molecular weight is 599 g/mol. The Bertz CT molecular complexity index is 1750. The average Bonchev–Trinajstić information content (AvgIpc) is 3.40. The maximum Gasteiger partial charge on any atom is 0.162 e. The third-order valence-electron chi connectivity index (χ3n) is 11.0. The molecular formula is C40H42N2O3. The van der Waals surface area contributed by atoms with Gasteiger partial charge in [0.05, 0.1) is 25.4 Å². The molecule has 5 aromatic rings. The largest absolute Gasteiger partial charge is 0.374 e. The van der Waals surface area contributed by atoms with Gasteiger partial charge in [-0.05, 0) is 47.1 Å². The second-order valence-electron chi connectivity index (χ2n) is 13.3. The molecule has 0 saturated carbocycles. The molecule has 2 unspecified atom stereocenters. The molecule has 8 rings (SSSR count). The Hall–Kier alpha value is -3.74. The van der Waals surface area contributed by atoms with E-state index in [1.165, 1.54) is 33.3 Å². The lowest BCUT2D eigenvalue weighted by Gasteiger charge is -2.62. The van der Waals surface area contributed by atoms with E-state index in [1.54, 1.807) is 0 Å². The normalized spacial score (nSPS) is 27.4. The maximum absolute atomic E-state index is 11.9. The number of benzene rings is 4. The molecular weight excluding hydrogens is 556 g/mol. The number of hydrogen-bond donors (Lipinski definition) is 1. The lowest BCUT2D eigenvalue weighted by molar-refractivity contribution is -0.279. The van der Waals surface area contributed by atoms with Gasteiger partial charge in [0.2, 0.25) is 0 Å². The maximum atomic E-state index is 11.9. The minimum Gasteiger partial charge on any atom is -0.374 e. The topological polar surface area (TPSA) is 46.9 Å². The van der Waals surface area contributed by atoms with Gasteiger partial charge < -0.3 is 19.1 Å². The summed E-state index contributed by atoms with van der Waals surface area (Å²) in [6, 6.07) is 41.0. The molecule has 6 atom stereocenters. The van der Waals surface area contributed by atoms with Gasteiger partial charge in [0.25, 0.3) is 0 Å². The van der Waals surface area contributed by atoms with E-state index >= 15 is 0 Å². The first-order chi connectivity index (χ1) is 22.2. The van der Waals surface area contributed by atoms with Crippen molar-refractivity contribution < 1.29 is 14.6 Å². The number of fused-ring (bicyclic) bond motifs is 6. The monoisotopic (exact) mass is 598 g/mol. The highest BCUT2D eigenvalue weighted by molar-refractivity contribution is 5.87. The van der Waals surface area contributed by atoms with Crippen molar-refractivity contribution in [3.05, 3.63) is 143 Å². The molecule has 2 bridgehead atoms. The summed E-state index contributed by atoms with van der Waals surface area (Å²) in [5, 5.41) is 13.2. The first-order valence-corrected chi connectivity index (χ1v) is 16.5. The molecule has 3 heterocycles. The number of rotatable bonds is 9. The van der Waals surface area contributed by atoms with Gasteiger partial charge in [-0.1, -0.05) is 116 Å². The summed E-state index contributed by atoms with van der Waals surface area (Å²) < 4.78 is 15.7. The van der Waals surface area contributed by atoms with E-state index in [0.717, 1.165) is 38.0 Å². The van der Waals surface area contributed by atoms with E-state index in [1.807, 2.05) is 18.2 Å². The summed E-state index contributed by atoms with van der Waals surface area (Å²) in [5.74, 6) is 0.208. The van der Waals surface area contributed by atoms with Crippen LogP contribution in [0, 0.1) is 11.3 Å². The molecule has 1 aliphatic carbocycles. The summed E-state index contributed by atoms with van der Waals surface area (Å²) in [6.45, 7) is 5.90. The number of hydrogen-bond acceptors (Lipinski definition) is 4. The number of aromatic nitrogens is 1. The third kappa shape index (κ3) is 4.94. The quantitative estimate of drug-likeness (QED) is 0.189. The second kappa shape index (κ2) is 11.9. The SMILES string of the molecule is CC[C@@]12CN(Cc3ccccc3)[C@H]3CC1[C@H](c1c3n(Cc3ccccc3)c3ccccc13)C(O)O[C@H]2COCc1ccccc1. The van der Waals surface area contributed by atoms with E-state index in [4.69, 9.17) is 9.47 Å². The first kappa shape index (κ1) is 28.7. The van der Waals surface area contributed by atoms with Crippen molar-refractivity contribution in [3.63, 3.8) is 0 Å². The highest BCUT2D eigenvalue weighted by atomic mass is 16.6. The molecule has 1 aromatic heterocycles. The van der Waals surface area contributed by atoms with Crippen molar-refractivity contribution in [2.24, 2.45) is 11.3 Å². The molecule has 2 aliphatic heterocycles. The van der Waals surface area contributed by atoms with Gasteiger partial charge in [0, 0.05) is 47.6 Å². The summed E-state index contributed by atoms with van der Waals surface area (Å²) in [4.78, 5) is 2.72. The zero-order valence-electron chi connectivity index (χ0n) is 26.0. The molecule has 230 valence electrons. The Morgan fingerprint density at radius 2 is 1.42 bits per heavy atom. The van der Waals surface area contributed by atoms with E-state index in [9.17, 15) is 5.11 Å². The number of aliphatic hydroxyl groups excluding tert-OH is 1. The van der Waals surface area contributed by atoms with Crippen LogP contribution >= 0.6 is 0 Å². The lowest BCUT2D eigenvalue weighted by Crippen LogP contribution is -2.65. The van der Waals surface area contributed by atoms with Crippen LogP contribution < -0.4 is 0 Å². The molecule has 4 aromatic carbocycles. The van der Waals surface area contributed by atoms with Gasteiger partial charge >= 0.3 is 0 Å². The van der Waals surface area contributed by atoms with Crippen LogP contribution in [-0.4, -0.2) is 40.1 Å². The van der Waals surface area contributed by atoms with Gasteiger partial charge in [-0.15, -0.1) is 0 Å². The molecule has 2 saturated heterocycles. The van der Waals surface area contributed by atoms with Crippen LogP contribution in [0.15, 0.2) is 115 Å². The van der Waals surface area contributed by atoms with Crippen molar-refractivity contribution in [2.75, 3.05) is 13.2 Å². The number of aliphatic hydroxyl groups is 1. The fraction of sp³-hybridized carbons (Fsp3) is 0.350. The zero-order valence-corrected chi connectivity index (χ0v) is 26.0. The fourth-order valence-corrected chi connectivity index (χ4v) is 8.94. The third-order valence-corrected chi connectivity index (χ3v) is 11.0. The predicted octanol–water partition coefficient (Wildman–Crippen LogP) is 7.68. The molecule has 0 spiro atoms. The Labute approximate surface area is 266 Å². The van der Waals surface area contributed by atoms with Crippen molar-refractivity contribution in [2.45, 2.75) is 63.8 Å². The van der Waals surface area contributed by atoms with Gasteiger partial charge in [0.15, 0.2) is 6.29 Å². The van der Waals surface area contributed by atoms with Crippen LogP contribution in [0.25, 0.3) is 10.9 Å². The fourth-order valence-electron chi connectivity index (χ4n) is 8.94. The standard InChI is InChI=1S/C40H42N2O3/c1-2-40-27-41(23-28-14-6-3-7-15-28)34-22-32(40)37(39(43)45-35(40)26-44-25-30-18-10-5-11-19-30)36-31-20-12-13-21-33(31)42(38(34)36)24-29-16-8-4-9-17-29/h3-21,32,34-35,37,39,43H,2,22-27H2,1H3/t32?,34-,35-,37+,39?,40+/m0/s1. The van der Waals surface area contributed by atoms with Crippen LogP contribution in [0.5, 0.6) is 0 Å². The van der Waals surface area contributed by atoms with Crippen LogP contribution in [0.1, 0.15) is 59.7 Å². The van der Waals surface area contributed by atoms with Crippen molar-refractivity contribution in [3.8, 4) is 0 Å². The number of para-hydroxylation sites is 1. The Kier molecular flexibility index (Phi) is 7.58. The summed E-state index contributed by atoms with van der Waals surface area (Å²) in [7, 11) is 0. The minimum absolute atomic E-state index is 0.0811. The summed E-state index contributed by atoms with van der Waals surface area (Å²) >= 11 is 0. The molecule has 45 heavy (non-hydrogen) atoms. The van der Waals surface area contributed by atoms with E-state index in [0.29, 0.717) is 13.2 Å². The highest BCUT2D eigenvalue weighted by Gasteiger charge is 2.62. The number of nitrogens with zero attached hydrogens (tertiary/aromatic N) is 2. The Morgan fingerprint density at radius 1 is 0.800 bits per heavy atom. The van der Waals surface area contributed by atoms with Crippen molar-refractivity contribution in [1.82, 2.24) is 9.47 Å². The van der Waals surface area contributed by atoms with Crippen molar-refractivity contribution >= 4 is 10.9 Å². The number of likely N-dealkylation sites (tertiary alicyclic amines) is 1. The van der Waals surface area contributed by atoms with Gasteiger partial charge in [-0.2, -0.15) is 0 Å². The van der Waals surface area contributed by atoms with E-state index in [2.05, 4.69) is 113 Å². The molecule has 1 N–H and O–H groups in total. The molecule has 3 aliphatic rings. The molecule has 0 amide bonds. The summed E-state index contributed by atoms with van der Waals surface area (Å²) in [6.07, 6.45) is 0.896. The van der Waals surface area contributed by atoms with Gasteiger partial charge in [-0.25, -0.2) is 0 Å². The van der Waals surface area contributed by atoms with Crippen LogP contribution in [0.2, 0.25) is 0 Å². The van der Waals surface area contributed by atoms with E-state index in [-0.39, 0.29) is 29.4 Å². The number of ether oxygens (including phenoxy) is 2. The van der Waals surface area contributed by atoms with Crippen molar-refractivity contribution in [1.29, 1.82) is 0 Å². The molecule has 0 radical (unpaired) electrons. The Morgan fingerprint density at radius 3 is 2.11 bits per heavy atom. The molecule has 5 nitrogen and oxygen atoms in total. The molecule has 2 fully saturated rings. The van der Waals surface area contributed by atoms with Crippen LogP contribution in [0.4, 0.5) is 0 Å². The van der Waals surface area contributed by atoms with E-state index < -0.39 is 6.29 Å².